The van der Waals surface area contributed by atoms with E-state index in [1.165, 1.54) is 6.42 Å². The van der Waals surface area contributed by atoms with E-state index in [0.29, 0.717) is 35.3 Å². The average molecular weight is 336 g/mol. The molecule has 0 amide bonds. The van der Waals surface area contributed by atoms with E-state index in [9.17, 15) is 0 Å². The summed E-state index contributed by atoms with van der Waals surface area (Å²) < 4.78 is 26.2. The maximum atomic E-state index is 15.6. The van der Waals surface area contributed by atoms with Gasteiger partial charge in [-0.2, -0.15) is 0 Å². The van der Waals surface area contributed by atoms with Crippen LogP contribution in [0.15, 0.2) is 18.2 Å². The smallest absolute Gasteiger partial charge is 0.138 e. The molecule has 4 nitrogen and oxygen atoms in total. The second kappa shape index (κ2) is 6.89. The number of benzene rings is 1. The van der Waals surface area contributed by atoms with Crippen LogP contribution in [0.5, 0.6) is 11.5 Å². The number of nitrogens with zero attached hydrogens (tertiary/aromatic N) is 1. The highest BCUT2D eigenvalue weighted by Gasteiger charge is 2.39. The fraction of sp³-hybridized carbons (Fsp3) is 0.684. The van der Waals surface area contributed by atoms with Gasteiger partial charge < -0.3 is 19.7 Å². The number of hydrogen-bond acceptors (Lipinski definition) is 4. The van der Waals surface area contributed by atoms with E-state index in [1.54, 1.807) is 32.4 Å². The van der Waals surface area contributed by atoms with Gasteiger partial charge in [0.25, 0.3) is 0 Å². The van der Waals surface area contributed by atoms with E-state index in [2.05, 4.69) is 17.1 Å². The Morgan fingerprint density at radius 1 is 1.08 bits per heavy atom. The normalized spacial score (nSPS) is 27.2. The van der Waals surface area contributed by atoms with E-state index >= 15 is 4.39 Å². The minimum atomic E-state index is -1.30. The number of ether oxygens (including phenoxy) is 2. The zero-order valence-electron chi connectivity index (χ0n) is 15.0. The molecule has 3 rings (SSSR count). The van der Waals surface area contributed by atoms with Crippen LogP contribution in [-0.4, -0.2) is 51.8 Å². The maximum absolute atomic E-state index is 15.6. The molecule has 2 fully saturated rings. The third kappa shape index (κ3) is 3.67. The standard InChI is InChI=1S/C19H29FN2O2/c1-18(4-7-21-13-18)14-22-8-5-19(20,6-9-22)15-10-16(23-2)12-17(11-15)24-3/h10-12,21H,4-9,13-14H2,1-3H3. The largest absolute Gasteiger partial charge is 0.497 e. The number of likely N-dealkylation sites (tertiary alicyclic amines) is 1. The molecule has 2 aliphatic heterocycles. The quantitative estimate of drug-likeness (QED) is 0.896. The van der Waals surface area contributed by atoms with Crippen molar-refractivity contribution < 1.29 is 13.9 Å². The van der Waals surface area contributed by atoms with Crippen LogP contribution >= 0.6 is 0 Å². The predicted molar refractivity (Wildman–Crippen MR) is 93.6 cm³/mol. The third-order valence-electron chi connectivity index (χ3n) is 5.58. The number of nitrogens with one attached hydrogen (secondary N) is 1. The summed E-state index contributed by atoms with van der Waals surface area (Å²) in [6.07, 6.45) is 2.25. The summed E-state index contributed by atoms with van der Waals surface area (Å²) in [5.41, 5.74) is -0.296. The maximum Gasteiger partial charge on any atom is 0.138 e. The van der Waals surface area contributed by atoms with Crippen molar-refractivity contribution in [3.8, 4) is 11.5 Å². The fourth-order valence-electron chi connectivity index (χ4n) is 3.96. The molecule has 2 saturated heterocycles. The number of hydrogen-bond donors (Lipinski definition) is 1. The Morgan fingerprint density at radius 2 is 1.71 bits per heavy atom. The summed E-state index contributed by atoms with van der Waals surface area (Å²) in [5.74, 6) is 1.29. The third-order valence-corrected chi connectivity index (χ3v) is 5.58. The minimum absolute atomic E-state index is 0.329. The summed E-state index contributed by atoms with van der Waals surface area (Å²) in [6, 6.07) is 5.40. The van der Waals surface area contributed by atoms with E-state index in [1.807, 2.05) is 0 Å². The predicted octanol–water partition coefficient (Wildman–Crippen LogP) is 2.96. The molecule has 2 heterocycles. The highest BCUT2D eigenvalue weighted by molar-refractivity contribution is 5.41. The van der Waals surface area contributed by atoms with Gasteiger partial charge >= 0.3 is 0 Å². The zero-order chi connectivity index (χ0) is 17.2. The van der Waals surface area contributed by atoms with Crippen LogP contribution in [-0.2, 0) is 5.67 Å². The Hall–Kier alpha value is -1.33. The summed E-state index contributed by atoms with van der Waals surface area (Å²) in [7, 11) is 3.20. The second-order valence-corrected chi connectivity index (χ2v) is 7.58. The van der Waals surface area contributed by atoms with Gasteiger partial charge in [0.2, 0.25) is 0 Å². The number of rotatable bonds is 5. The topological polar surface area (TPSA) is 33.7 Å². The first kappa shape index (κ1) is 17.5. The van der Waals surface area contributed by atoms with E-state index in [0.717, 1.165) is 32.7 Å². The van der Waals surface area contributed by atoms with Crippen LogP contribution < -0.4 is 14.8 Å². The van der Waals surface area contributed by atoms with Crippen molar-refractivity contribution in [2.45, 2.75) is 31.9 Å². The zero-order valence-corrected chi connectivity index (χ0v) is 15.0. The van der Waals surface area contributed by atoms with Crippen molar-refractivity contribution >= 4 is 0 Å². The van der Waals surface area contributed by atoms with Gasteiger partial charge in [-0.1, -0.05) is 6.92 Å². The van der Waals surface area contributed by atoms with Gasteiger partial charge in [0.1, 0.15) is 17.2 Å². The Bertz CT molecular complexity index is 542. The minimum Gasteiger partial charge on any atom is -0.497 e. The fourth-order valence-corrected chi connectivity index (χ4v) is 3.96. The molecule has 0 bridgehead atoms. The van der Waals surface area contributed by atoms with E-state index in [4.69, 9.17) is 9.47 Å². The van der Waals surface area contributed by atoms with Gasteiger partial charge in [0.15, 0.2) is 0 Å². The van der Waals surface area contributed by atoms with Crippen LogP contribution in [0.25, 0.3) is 0 Å². The van der Waals surface area contributed by atoms with Crippen molar-refractivity contribution in [2.24, 2.45) is 5.41 Å². The molecule has 5 heteroatoms. The lowest BCUT2D eigenvalue weighted by Gasteiger charge is -2.40. The molecule has 0 aromatic heterocycles. The molecule has 0 spiro atoms. The Balaban J connectivity index is 1.68. The number of methoxy groups -OCH3 is 2. The van der Waals surface area contributed by atoms with Crippen LogP contribution in [0, 0.1) is 5.41 Å². The van der Waals surface area contributed by atoms with Gasteiger partial charge in [0.05, 0.1) is 14.2 Å². The summed E-state index contributed by atoms with van der Waals surface area (Å²) >= 11 is 0. The lowest BCUT2D eigenvalue weighted by Crippen LogP contribution is -2.45. The molecule has 0 saturated carbocycles. The van der Waals surface area contributed by atoms with Gasteiger partial charge in [-0.05, 0) is 48.9 Å². The van der Waals surface area contributed by atoms with Gasteiger partial charge in [-0.3, -0.25) is 0 Å². The van der Waals surface area contributed by atoms with E-state index < -0.39 is 5.67 Å². The molecule has 0 aliphatic carbocycles. The molecular weight excluding hydrogens is 307 g/mol. The van der Waals surface area contributed by atoms with Crippen molar-refractivity contribution in [3.05, 3.63) is 23.8 Å². The molecule has 2 aliphatic rings. The molecule has 1 N–H and O–H groups in total. The van der Waals surface area contributed by atoms with Crippen molar-refractivity contribution in [1.82, 2.24) is 10.2 Å². The SMILES string of the molecule is COc1cc(OC)cc(C2(F)CCN(CC3(C)CCNC3)CC2)c1. The van der Waals surface area contributed by atoms with Crippen molar-refractivity contribution in [1.29, 1.82) is 0 Å². The molecule has 1 aromatic carbocycles. The first-order chi connectivity index (χ1) is 11.5. The Kier molecular flexibility index (Phi) is 5.02. The van der Waals surface area contributed by atoms with Crippen LogP contribution in [0.1, 0.15) is 31.7 Å². The summed E-state index contributed by atoms with van der Waals surface area (Å²) in [4.78, 5) is 2.42. The Labute approximate surface area is 144 Å². The lowest BCUT2D eigenvalue weighted by molar-refractivity contribution is 0.0390. The first-order valence-electron chi connectivity index (χ1n) is 8.82. The number of alkyl halides is 1. The number of piperidine rings is 1. The molecule has 1 atom stereocenters. The molecule has 0 radical (unpaired) electrons. The van der Waals surface area contributed by atoms with Crippen LogP contribution in [0.2, 0.25) is 0 Å². The molecule has 1 aromatic rings. The second-order valence-electron chi connectivity index (χ2n) is 7.58. The van der Waals surface area contributed by atoms with Crippen LogP contribution in [0.3, 0.4) is 0 Å². The van der Waals surface area contributed by atoms with Crippen LogP contribution in [0.4, 0.5) is 4.39 Å². The summed E-state index contributed by atoms with van der Waals surface area (Å²) in [6.45, 7) is 7.14. The van der Waals surface area contributed by atoms with Gasteiger partial charge in [-0.25, -0.2) is 4.39 Å². The van der Waals surface area contributed by atoms with Crippen molar-refractivity contribution in [3.63, 3.8) is 0 Å². The summed E-state index contributed by atoms with van der Waals surface area (Å²) in [5, 5.41) is 3.44. The molecule has 134 valence electrons. The molecule has 1 unspecified atom stereocenters. The Morgan fingerprint density at radius 3 is 2.21 bits per heavy atom. The van der Waals surface area contributed by atoms with Gasteiger partial charge in [0, 0.05) is 32.2 Å². The first-order valence-corrected chi connectivity index (χ1v) is 8.82. The van der Waals surface area contributed by atoms with Crippen molar-refractivity contribution in [2.75, 3.05) is 46.9 Å². The monoisotopic (exact) mass is 336 g/mol. The van der Waals surface area contributed by atoms with E-state index in [-0.39, 0.29) is 0 Å². The average Bonchev–Trinajstić information content (AvgIpc) is 3.03. The molecule has 24 heavy (non-hydrogen) atoms. The number of halogens is 1. The highest BCUT2D eigenvalue weighted by atomic mass is 19.1. The van der Waals surface area contributed by atoms with Gasteiger partial charge in [-0.15, -0.1) is 0 Å². The molecular formula is C19H29FN2O2. The highest BCUT2D eigenvalue weighted by Crippen LogP contribution is 2.41. The lowest BCUT2D eigenvalue weighted by atomic mass is 9.83.